The van der Waals surface area contributed by atoms with Gasteiger partial charge in [-0.25, -0.2) is 14.2 Å². The normalized spacial score (nSPS) is 10.5. The van der Waals surface area contributed by atoms with E-state index in [1.54, 1.807) is 6.92 Å². The van der Waals surface area contributed by atoms with Gasteiger partial charge in [0.15, 0.2) is 10.9 Å². The first-order chi connectivity index (χ1) is 14.4. The fourth-order valence-corrected chi connectivity index (χ4v) is 3.49. The first-order valence-corrected chi connectivity index (χ1v) is 10.0. The Bertz CT molecular complexity index is 1050. The number of amides is 1. The van der Waals surface area contributed by atoms with Gasteiger partial charge in [-0.2, -0.15) is 0 Å². The topological polar surface area (TPSA) is 85.4 Å². The Kier molecular flexibility index (Phi) is 7.03. The summed E-state index contributed by atoms with van der Waals surface area (Å²) >= 11 is 1.02. The van der Waals surface area contributed by atoms with Crippen LogP contribution in [0.15, 0.2) is 54.6 Å². The van der Waals surface area contributed by atoms with Crippen LogP contribution in [0.2, 0.25) is 0 Å². The SMILES string of the molecule is Cc1nc(NC(=O)CCC(=O)c2ccc(F)cc2)sc1C(=O)OCc1ccccc1. The van der Waals surface area contributed by atoms with E-state index in [4.69, 9.17) is 4.74 Å². The molecule has 3 rings (SSSR count). The Morgan fingerprint density at radius 2 is 1.73 bits per heavy atom. The number of anilines is 1. The summed E-state index contributed by atoms with van der Waals surface area (Å²) in [7, 11) is 0. The Morgan fingerprint density at radius 3 is 2.43 bits per heavy atom. The predicted octanol–water partition coefficient (Wildman–Crippen LogP) is 4.55. The second-order valence-corrected chi connectivity index (χ2v) is 7.47. The van der Waals surface area contributed by atoms with E-state index >= 15 is 0 Å². The molecule has 0 radical (unpaired) electrons. The predicted molar refractivity (Wildman–Crippen MR) is 111 cm³/mol. The number of nitrogens with zero attached hydrogens (tertiary/aromatic N) is 1. The maximum Gasteiger partial charge on any atom is 0.350 e. The number of esters is 1. The highest BCUT2D eigenvalue weighted by atomic mass is 32.1. The van der Waals surface area contributed by atoms with E-state index in [0.717, 1.165) is 16.9 Å². The average molecular weight is 426 g/mol. The molecule has 0 saturated heterocycles. The van der Waals surface area contributed by atoms with Crippen molar-refractivity contribution >= 4 is 34.1 Å². The van der Waals surface area contributed by atoms with Crippen LogP contribution in [0.4, 0.5) is 9.52 Å². The van der Waals surface area contributed by atoms with Crippen LogP contribution < -0.4 is 5.32 Å². The van der Waals surface area contributed by atoms with E-state index < -0.39 is 17.7 Å². The molecule has 154 valence electrons. The van der Waals surface area contributed by atoms with Gasteiger partial charge >= 0.3 is 5.97 Å². The standard InChI is InChI=1S/C22H19FN2O4S/c1-14-20(21(28)29-13-15-5-3-2-4-6-15)30-22(24-14)25-19(27)12-11-18(26)16-7-9-17(23)10-8-16/h2-10H,11-13H2,1H3,(H,24,25,27). The molecule has 6 nitrogen and oxygen atoms in total. The van der Waals surface area contributed by atoms with Crippen LogP contribution in [0.1, 0.15) is 44.1 Å². The van der Waals surface area contributed by atoms with Gasteiger partial charge in [0.1, 0.15) is 17.3 Å². The molecule has 0 aliphatic rings. The monoisotopic (exact) mass is 426 g/mol. The number of Topliss-reactive ketones (excluding diaryl/α,β-unsaturated/α-hetero) is 1. The first-order valence-electron chi connectivity index (χ1n) is 9.19. The number of ether oxygens (including phenoxy) is 1. The van der Waals surface area contributed by atoms with Crippen molar-refractivity contribution < 1.29 is 23.5 Å². The number of aryl methyl sites for hydroxylation is 1. The number of thiazole rings is 1. The minimum Gasteiger partial charge on any atom is -0.457 e. The lowest BCUT2D eigenvalue weighted by molar-refractivity contribution is -0.116. The lowest BCUT2D eigenvalue weighted by Gasteiger charge is -2.03. The number of carbonyl (C=O) groups is 3. The molecular formula is C22H19FN2O4S. The summed E-state index contributed by atoms with van der Waals surface area (Å²) in [6.45, 7) is 1.80. The first kappa shape index (κ1) is 21.3. The summed E-state index contributed by atoms with van der Waals surface area (Å²) in [5.74, 6) is -1.60. The van der Waals surface area contributed by atoms with Gasteiger partial charge in [-0.3, -0.25) is 9.59 Å². The highest BCUT2D eigenvalue weighted by molar-refractivity contribution is 7.17. The van der Waals surface area contributed by atoms with Gasteiger partial charge in [0, 0.05) is 18.4 Å². The second kappa shape index (κ2) is 9.89. The lowest BCUT2D eigenvalue weighted by atomic mass is 10.1. The number of benzene rings is 2. The van der Waals surface area contributed by atoms with E-state index in [9.17, 15) is 18.8 Å². The van der Waals surface area contributed by atoms with E-state index in [1.807, 2.05) is 30.3 Å². The average Bonchev–Trinajstić information content (AvgIpc) is 3.11. The summed E-state index contributed by atoms with van der Waals surface area (Å²) in [5, 5.41) is 2.86. The maximum absolute atomic E-state index is 12.9. The zero-order valence-corrected chi connectivity index (χ0v) is 17.0. The number of hydrogen-bond donors (Lipinski definition) is 1. The summed E-state index contributed by atoms with van der Waals surface area (Å²) < 4.78 is 18.2. The smallest absolute Gasteiger partial charge is 0.350 e. The number of rotatable bonds is 8. The van der Waals surface area contributed by atoms with Crippen LogP contribution in [0.25, 0.3) is 0 Å². The molecule has 0 bridgehead atoms. The summed E-state index contributed by atoms with van der Waals surface area (Å²) in [6.07, 6.45) is -0.0730. The number of ketones is 1. The number of hydrogen-bond acceptors (Lipinski definition) is 6. The van der Waals surface area contributed by atoms with Gasteiger partial charge in [0.25, 0.3) is 0 Å². The third-order valence-corrected chi connectivity index (χ3v) is 5.24. The molecule has 0 fully saturated rings. The third-order valence-electron chi connectivity index (χ3n) is 4.19. The van der Waals surface area contributed by atoms with Crippen molar-refractivity contribution in [2.45, 2.75) is 26.4 Å². The molecule has 0 spiro atoms. The van der Waals surface area contributed by atoms with Crippen molar-refractivity contribution in [1.29, 1.82) is 0 Å². The summed E-state index contributed by atoms with van der Waals surface area (Å²) in [5.41, 5.74) is 1.67. The number of carbonyl (C=O) groups excluding carboxylic acids is 3. The molecule has 1 aromatic heterocycles. The van der Waals surface area contributed by atoms with Crippen molar-refractivity contribution in [1.82, 2.24) is 4.98 Å². The van der Waals surface area contributed by atoms with Crippen LogP contribution in [0.3, 0.4) is 0 Å². The van der Waals surface area contributed by atoms with Gasteiger partial charge in [-0.1, -0.05) is 41.7 Å². The van der Waals surface area contributed by atoms with E-state index in [-0.39, 0.29) is 30.4 Å². The van der Waals surface area contributed by atoms with E-state index in [1.165, 1.54) is 24.3 Å². The highest BCUT2D eigenvalue weighted by Crippen LogP contribution is 2.24. The third kappa shape index (κ3) is 5.81. The number of halogens is 1. The molecule has 3 aromatic rings. The quantitative estimate of drug-likeness (QED) is 0.422. The van der Waals surface area contributed by atoms with Crippen molar-refractivity contribution in [3.05, 3.63) is 82.1 Å². The molecule has 0 aliphatic heterocycles. The highest BCUT2D eigenvalue weighted by Gasteiger charge is 2.18. The molecule has 30 heavy (non-hydrogen) atoms. The Labute approximate surface area is 176 Å². The van der Waals surface area contributed by atoms with Crippen LogP contribution in [0.5, 0.6) is 0 Å². The molecule has 0 aliphatic carbocycles. The van der Waals surface area contributed by atoms with Gasteiger partial charge < -0.3 is 10.1 Å². The second-order valence-electron chi connectivity index (χ2n) is 6.47. The van der Waals surface area contributed by atoms with Gasteiger partial charge in [-0.15, -0.1) is 0 Å². The van der Waals surface area contributed by atoms with Crippen molar-refractivity contribution in [3.63, 3.8) is 0 Å². The minimum absolute atomic E-state index is 0.0200. The Balaban J connectivity index is 1.51. The van der Waals surface area contributed by atoms with E-state index in [2.05, 4.69) is 10.3 Å². The summed E-state index contributed by atoms with van der Waals surface area (Å²) in [6, 6.07) is 14.5. The lowest BCUT2D eigenvalue weighted by Crippen LogP contribution is -2.13. The molecule has 1 N–H and O–H groups in total. The van der Waals surface area contributed by atoms with Crippen molar-refractivity contribution in [2.75, 3.05) is 5.32 Å². The Morgan fingerprint density at radius 1 is 1.03 bits per heavy atom. The van der Waals surface area contributed by atoms with Gasteiger partial charge in [-0.05, 0) is 36.8 Å². The van der Waals surface area contributed by atoms with Crippen LogP contribution in [-0.4, -0.2) is 22.6 Å². The maximum atomic E-state index is 12.9. The molecular weight excluding hydrogens is 407 g/mol. The van der Waals surface area contributed by atoms with Gasteiger partial charge in [0.2, 0.25) is 5.91 Å². The van der Waals surface area contributed by atoms with Crippen LogP contribution >= 0.6 is 11.3 Å². The Hall–Kier alpha value is -3.39. The number of aromatic nitrogens is 1. The van der Waals surface area contributed by atoms with E-state index in [0.29, 0.717) is 16.1 Å². The molecule has 1 heterocycles. The van der Waals surface area contributed by atoms with Crippen LogP contribution in [0, 0.1) is 12.7 Å². The molecule has 0 saturated carbocycles. The zero-order chi connectivity index (χ0) is 21.5. The van der Waals surface area contributed by atoms with Crippen molar-refractivity contribution in [3.8, 4) is 0 Å². The fourth-order valence-electron chi connectivity index (χ4n) is 2.62. The van der Waals surface area contributed by atoms with Gasteiger partial charge in [0.05, 0.1) is 5.69 Å². The largest absolute Gasteiger partial charge is 0.457 e. The summed E-state index contributed by atoms with van der Waals surface area (Å²) in [4.78, 5) is 41.0. The van der Waals surface area contributed by atoms with Crippen LogP contribution in [-0.2, 0) is 16.1 Å². The molecule has 0 unspecified atom stereocenters. The fraction of sp³-hybridized carbons (Fsp3) is 0.182. The molecule has 2 aromatic carbocycles. The van der Waals surface area contributed by atoms with Crippen molar-refractivity contribution in [2.24, 2.45) is 0 Å². The molecule has 0 atom stereocenters. The minimum atomic E-state index is -0.513. The molecule has 8 heteroatoms. The zero-order valence-electron chi connectivity index (χ0n) is 16.2. The molecule has 1 amide bonds. The number of nitrogens with one attached hydrogen (secondary N) is 1.